The molecule has 4 rings (SSSR count). The Labute approximate surface area is 164 Å². The minimum atomic E-state index is -0.443. The van der Waals surface area contributed by atoms with Crippen LogP contribution in [0.25, 0.3) is 16.9 Å². The molecule has 3 aromatic heterocycles. The largest absolute Gasteiger partial charge is 0.496 e. The second-order valence-electron chi connectivity index (χ2n) is 6.01. The highest BCUT2D eigenvalue weighted by molar-refractivity contribution is 6.31. The lowest BCUT2D eigenvalue weighted by Gasteiger charge is -2.09. The van der Waals surface area contributed by atoms with Crippen molar-refractivity contribution < 1.29 is 9.53 Å². The van der Waals surface area contributed by atoms with Gasteiger partial charge < -0.3 is 15.8 Å². The van der Waals surface area contributed by atoms with E-state index in [1.54, 1.807) is 61.7 Å². The summed E-state index contributed by atoms with van der Waals surface area (Å²) in [6.45, 7) is 0. The minimum Gasteiger partial charge on any atom is -0.496 e. The number of hydrogen-bond donors (Lipinski definition) is 2. The Hall–Kier alpha value is -3.59. The highest BCUT2D eigenvalue weighted by Crippen LogP contribution is 2.36. The third-order valence-corrected chi connectivity index (χ3v) is 4.38. The molecule has 3 N–H and O–H groups in total. The maximum atomic E-state index is 12.9. The molecule has 0 atom stereocenters. The zero-order valence-corrected chi connectivity index (χ0v) is 15.8. The molecule has 0 radical (unpaired) electrons. The van der Waals surface area contributed by atoms with Gasteiger partial charge in [-0.1, -0.05) is 11.6 Å². The molecule has 3 heterocycles. The summed E-state index contributed by atoms with van der Waals surface area (Å²) in [6, 6.07) is 6.89. The quantitative estimate of drug-likeness (QED) is 0.547. The topological polar surface area (TPSA) is 112 Å². The molecule has 142 valence electrons. The molecule has 1 amide bonds. The maximum absolute atomic E-state index is 12.9. The number of carbonyl (C=O) groups excluding carboxylic acids is 1. The van der Waals surface area contributed by atoms with Crippen LogP contribution in [0.15, 0.2) is 42.9 Å². The fourth-order valence-corrected chi connectivity index (χ4v) is 3.12. The van der Waals surface area contributed by atoms with Gasteiger partial charge in [-0.2, -0.15) is 5.10 Å². The first-order chi connectivity index (χ1) is 13.5. The van der Waals surface area contributed by atoms with Gasteiger partial charge in [0.1, 0.15) is 17.0 Å². The number of aromatic nitrogens is 5. The van der Waals surface area contributed by atoms with Crippen molar-refractivity contribution in [2.24, 2.45) is 7.05 Å². The van der Waals surface area contributed by atoms with E-state index in [-0.39, 0.29) is 11.4 Å². The Bertz CT molecular complexity index is 1200. The molecule has 0 aliphatic heterocycles. The summed E-state index contributed by atoms with van der Waals surface area (Å²) in [5.74, 6) is 0.221. The maximum Gasteiger partial charge on any atom is 0.263 e. The Morgan fingerprint density at radius 3 is 2.93 bits per heavy atom. The van der Waals surface area contributed by atoms with E-state index in [1.165, 1.54) is 4.52 Å². The van der Waals surface area contributed by atoms with Crippen LogP contribution in [-0.2, 0) is 7.05 Å². The summed E-state index contributed by atoms with van der Waals surface area (Å²) >= 11 is 6.14. The zero-order valence-electron chi connectivity index (χ0n) is 15.0. The Morgan fingerprint density at radius 1 is 1.32 bits per heavy atom. The number of methoxy groups -OCH3 is 1. The second-order valence-corrected chi connectivity index (χ2v) is 6.45. The second kappa shape index (κ2) is 6.86. The van der Waals surface area contributed by atoms with E-state index in [9.17, 15) is 4.79 Å². The van der Waals surface area contributed by atoms with Gasteiger partial charge in [0.05, 0.1) is 12.8 Å². The number of amides is 1. The number of nitrogens with zero attached hydrogens (tertiary/aromatic N) is 5. The van der Waals surface area contributed by atoms with E-state index < -0.39 is 5.91 Å². The van der Waals surface area contributed by atoms with Gasteiger partial charge in [0.2, 0.25) is 0 Å². The molecule has 0 aliphatic rings. The minimum absolute atomic E-state index is 0.0852. The number of ether oxygens (including phenoxy) is 1. The highest BCUT2D eigenvalue weighted by Gasteiger charge is 2.22. The number of carbonyl (C=O) groups is 1. The van der Waals surface area contributed by atoms with Crippen molar-refractivity contribution in [2.45, 2.75) is 0 Å². The van der Waals surface area contributed by atoms with Crippen LogP contribution >= 0.6 is 11.6 Å². The number of anilines is 2. The number of aryl methyl sites for hydroxylation is 1. The van der Waals surface area contributed by atoms with Gasteiger partial charge in [-0.25, -0.2) is 9.50 Å². The SMILES string of the molecule is COc1ccc(Cl)cc1-c1nn(C)cc1NC(=O)c1c(N)nn2cccnc12. The third-order valence-electron chi connectivity index (χ3n) is 4.14. The van der Waals surface area contributed by atoms with Crippen LogP contribution in [0.5, 0.6) is 5.75 Å². The number of nitrogens with two attached hydrogens (primary N) is 1. The fraction of sp³-hybridized carbons (Fsp3) is 0.111. The van der Waals surface area contributed by atoms with Crippen LogP contribution in [0.3, 0.4) is 0 Å². The number of rotatable bonds is 4. The molecule has 10 heteroatoms. The summed E-state index contributed by atoms with van der Waals surface area (Å²) in [5, 5.41) is 11.9. The summed E-state index contributed by atoms with van der Waals surface area (Å²) in [7, 11) is 3.31. The van der Waals surface area contributed by atoms with E-state index in [2.05, 4.69) is 20.5 Å². The molecule has 0 saturated carbocycles. The predicted molar refractivity (Wildman–Crippen MR) is 106 cm³/mol. The number of hydrogen-bond acceptors (Lipinski definition) is 6. The summed E-state index contributed by atoms with van der Waals surface area (Å²) in [4.78, 5) is 17.1. The van der Waals surface area contributed by atoms with Crippen molar-refractivity contribution in [3.63, 3.8) is 0 Å². The molecule has 9 nitrogen and oxygen atoms in total. The summed E-state index contributed by atoms with van der Waals surface area (Å²) in [5.41, 5.74) is 8.13. The van der Waals surface area contributed by atoms with Gasteiger partial charge >= 0.3 is 0 Å². The number of fused-ring (bicyclic) bond motifs is 1. The molecular formula is C18H16ClN7O2. The van der Waals surface area contributed by atoms with E-state index in [0.717, 1.165) is 0 Å². The lowest BCUT2D eigenvalue weighted by molar-refractivity contribution is 0.102. The smallest absolute Gasteiger partial charge is 0.263 e. The van der Waals surface area contributed by atoms with Crippen LogP contribution in [-0.4, -0.2) is 37.4 Å². The van der Waals surface area contributed by atoms with E-state index in [0.29, 0.717) is 33.4 Å². The van der Waals surface area contributed by atoms with E-state index >= 15 is 0 Å². The first-order valence-electron chi connectivity index (χ1n) is 8.25. The molecule has 0 aliphatic carbocycles. The molecule has 0 saturated heterocycles. The van der Waals surface area contributed by atoms with E-state index in [4.69, 9.17) is 22.1 Å². The van der Waals surface area contributed by atoms with Crippen molar-refractivity contribution in [1.29, 1.82) is 0 Å². The molecule has 0 bridgehead atoms. The number of benzene rings is 1. The van der Waals surface area contributed by atoms with E-state index in [1.807, 2.05) is 0 Å². The molecule has 0 unspecified atom stereocenters. The van der Waals surface area contributed by atoms with Crippen LogP contribution in [0.2, 0.25) is 5.02 Å². The highest BCUT2D eigenvalue weighted by atomic mass is 35.5. The normalized spacial score (nSPS) is 11.0. The Kier molecular flexibility index (Phi) is 4.36. The molecule has 1 aromatic carbocycles. The van der Waals surface area contributed by atoms with Gasteiger partial charge in [-0.3, -0.25) is 9.48 Å². The lowest BCUT2D eigenvalue weighted by Crippen LogP contribution is -2.14. The van der Waals surface area contributed by atoms with Crippen molar-refractivity contribution >= 4 is 34.7 Å². The van der Waals surface area contributed by atoms with Crippen LogP contribution in [0.1, 0.15) is 10.4 Å². The van der Waals surface area contributed by atoms with Crippen LogP contribution in [0, 0.1) is 0 Å². The number of nitrogens with one attached hydrogen (secondary N) is 1. The molecular weight excluding hydrogens is 382 g/mol. The monoisotopic (exact) mass is 397 g/mol. The van der Waals surface area contributed by atoms with Crippen molar-refractivity contribution in [2.75, 3.05) is 18.2 Å². The van der Waals surface area contributed by atoms with Gasteiger partial charge in [0.25, 0.3) is 5.91 Å². The zero-order chi connectivity index (χ0) is 19.8. The van der Waals surface area contributed by atoms with Gasteiger partial charge in [0.15, 0.2) is 11.5 Å². The first-order valence-corrected chi connectivity index (χ1v) is 8.63. The van der Waals surface area contributed by atoms with Crippen molar-refractivity contribution in [3.05, 3.63) is 53.4 Å². The standard InChI is InChI=1S/C18H16ClN7O2/c1-25-9-12(15(23-25)11-8-10(19)4-5-13(11)28-2)22-18(27)14-16(20)24-26-7-3-6-21-17(14)26/h3-9H,1-2H3,(H2,20,24)(H,22,27). The van der Waals surface area contributed by atoms with Crippen molar-refractivity contribution in [1.82, 2.24) is 24.4 Å². The lowest BCUT2D eigenvalue weighted by atomic mass is 10.1. The van der Waals surface area contributed by atoms with Crippen molar-refractivity contribution in [3.8, 4) is 17.0 Å². The molecule has 0 fully saturated rings. The summed E-state index contributed by atoms with van der Waals surface area (Å²) < 4.78 is 8.45. The van der Waals surface area contributed by atoms with Gasteiger partial charge in [0, 0.05) is 36.2 Å². The number of halogens is 1. The molecule has 28 heavy (non-hydrogen) atoms. The van der Waals surface area contributed by atoms with Gasteiger partial charge in [-0.05, 0) is 24.3 Å². The van der Waals surface area contributed by atoms with Crippen LogP contribution < -0.4 is 15.8 Å². The third kappa shape index (κ3) is 3.01. The average Bonchev–Trinajstić information content (AvgIpc) is 3.20. The average molecular weight is 398 g/mol. The molecule has 0 spiro atoms. The Morgan fingerprint density at radius 2 is 2.14 bits per heavy atom. The predicted octanol–water partition coefficient (Wildman–Crippen LogP) is 2.63. The summed E-state index contributed by atoms with van der Waals surface area (Å²) in [6.07, 6.45) is 4.92. The Balaban J connectivity index is 1.77. The van der Waals surface area contributed by atoms with Crippen LogP contribution in [0.4, 0.5) is 11.5 Å². The number of nitrogen functional groups attached to an aromatic ring is 1. The fourth-order valence-electron chi connectivity index (χ4n) is 2.95. The first kappa shape index (κ1) is 17.8. The molecule has 4 aromatic rings. The van der Waals surface area contributed by atoms with Gasteiger partial charge in [-0.15, -0.1) is 5.10 Å².